The number of rotatable bonds is 8. The van der Waals surface area contributed by atoms with E-state index in [0.717, 1.165) is 22.6 Å². The third kappa shape index (κ3) is 4.54. The van der Waals surface area contributed by atoms with E-state index in [0.29, 0.717) is 30.3 Å². The van der Waals surface area contributed by atoms with Crippen LogP contribution in [0.25, 0.3) is 0 Å². The number of aromatic nitrogens is 1. The number of benzene rings is 1. The largest absolute Gasteiger partial charge is 0.493 e. The smallest absolute Gasteiger partial charge is 0.307 e. The Bertz CT molecular complexity index is 772. The summed E-state index contributed by atoms with van der Waals surface area (Å²) in [4.78, 5) is 23.7. The van der Waals surface area contributed by atoms with Gasteiger partial charge in [-0.1, -0.05) is 11.3 Å². The van der Waals surface area contributed by atoms with Crippen LogP contribution in [0.4, 0.5) is 0 Å². The number of carbonyl (C=O) groups is 1. The van der Waals surface area contributed by atoms with Gasteiger partial charge in [0.25, 0.3) is 0 Å². The van der Waals surface area contributed by atoms with E-state index in [1.54, 1.807) is 36.3 Å². The van der Waals surface area contributed by atoms with Gasteiger partial charge in [0.2, 0.25) is 11.7 Å². The minimum atomic E-state index is -0.133. The number of nitrogens with zero attached hydrogens (tertiary/aromatic N) is 1. The van der Waals surface area contributed by atoms with Gasteiger partial charge in [-0.2, -0.15) is 0 Å². The molecule has 0 unspecified atom stereocenters. The zero-order valence-electron chi connectivity index (χ0n) is 14.8. The van der Waals surface area contributed by atoms with Gasteiger partial charge in [-0.05, 0) is 24.6 Å². The molecule has 0 radical (unpaired) electrons. The monoisotopic (exact) mass is 366 g/mol. The van der Waals surface area contributed by atoms with Gasteiger partial charge in [-0.15, -0.1) is 0 Å². The van der Waals surface area contributed by atoms with E-state index in [1.165, 1.54) is 7.11 Å². The van der Waals surface area contributed by atoms with Crippen LogP contribution in [-0.4, -0.2) is 31.8 Å². The molecule has 2 rings (SSSR count). The van der Waals surface area contributed by atoms with Crippen LogP contribution in [0.3, 0.4) is 0 Å². The number of hydrogen-bond acceptors (Lipinski definition) is 6. The molecule has 0 aliphatic carbocycles. The Morgan fingerprint density at radius 3 is 2.28 bits per heavy atom. The van der Waals surface area contributed by atoms with Crippen LogP contribution in [0.15, 0.2) is 22.3 Å². The first-order valence-corrected chi connectivity index (χ1v) is 8.58. The summed E-state index contributed by atoms with van der Waals surface area (Å²) >= 11 is 1.14. The Balaban J connectivity index is 1.98. The van der Waals surface area contributed by atoms with Gasteiger partial charge < -0.3 is 24.1 Å². The molecule has 0 aliphatic rings. The van der Waals surface area contributed by atoms with Gasteiger partial charge in [0, 0.05) is 30.6 Å². The van der Waals surface area contributed by atoms with Crippen LogP contribution in [0.2, 0.25) is 0 Å². The topological polar surface area (TPSA) is 78.8 Å². The lowest BCUT2D eigenvalue weighted by molar-refractivity contribution is -0.121. The van der Waals surface area contributed by atoms with E-state index in [4.69, 9.17) is 14.2 Å². The zero-order valence-corrected chi connectivity index (χ0v) is 15.6. The quantitative estimate of drug-likeness (QED) is 0.773. The van der Waals surface area contributed by atoms with Crippen molar-refractivity contribution in [2.24, 2.45) is 0 Å². The Hall–Kier alpha value is -2.48. The molecule has 8 heteroatoms. The lowest BCUT2D eigenvalue weighted by Crippen LogP contribution is -2.26. The SMILES string of the molecule is COc1cc(CNC(=O)CCn2c(C)csc2=O)cc(OC)c1OC. The molecule has 25 heavy (non-hydrogen) atoms. The first kappa shape index (κ1) is 18.9. The van der Waals surface area contributed by atoms with Gasteiger partial charge in [-0.3, -0.25) is 9.59 Å². The van der Waals surface area contributed by atoms with Crippen LogP contribution in [0.5, 0.6) is 17.2 Å². The maximum atomic E-state index is 12.1. The van der Waals surface area contributed by atoms with Crippen molar-refractivity contribution >= 4 is 17.2 Å². The van der Waals surface area contributed by atoms with Crippen molar-refractivity contribution in [1.29, 1.82) is 0 Å². The summed E-state index contributed by atoms with van der Waals surface area (Å²) < 4.78 is 17.5. The number of carbonyl (C=O) groups excluding carboxylic acids is 1. The molecule has 0 bridgehead atoms. The predicted octanol–water partition coefficient (Wildman–Crippen LogP) is 1.95. The van der Waals surface area contributed by atoms with Crippen LogP contribution >= 0.6 is 11.3 Å². The molecule has 1 aromatic carbocycles. The fourth-order valence-corrected chi connectivity index (χ4v) is 3.18. The molecule has 1 N–H and O–H groups in total. The lowest BCUT2D eigenvalue weighted by atomic mass is 10.1. The molecule has 0 fully saturated rings. The second-order valence-electron chi connectivity index (χ2n) is 5.35. The summed E-state index contributed by atoms with van der Waals surface area (Å²) in [6.07, 6.45) is 0.238. The molecule has 1 heterocycles. The molecule has 1 aromatic heterocycles. The van der Waals surface area contributed by atoms with E-state index in [9.17, 15) is 9.59 Å². The van der Waals surface area contributed by atoms with Crippen LogP contribution in [0, 0.1) is 6.92 Å². The summed E-state index contributed by atoms with van der Waals surface area (Å²) in [7, 11) is 4.62. The van der Waals surface area contributed by atoms with Crippen molar-refractivity contribution in [2.75, 3.05) is 21.3 Å². The predicted molar refractivity (Wildman–Crippen MR) is 95.9 cm³/mol. The van der Waals surface area contributed by atoms with Crippen LogP contribution in [-0.2, 0) is 17.9 Å². The first-order valence-electron chi connectivity index (χ1n) is 7.70. The summed E-state index contributed by atoms with van der Waals surface area (Å²) in [6.45, 7) is 2.55. The van der Waals surface area contributed by atoms with E-state index >= 15 is 0 Å². The number of hydrogen-bond donors (Lipinski definition) is 1. The number of nitrogens with one attached hydrogen (secondary N) is 1. The Kier molecular flexibility index (Phi) is 6.46. The maximum absolute atomic E-state index is 12.1. The van der Waals surface area contributed by atoms with Crippen molar-refractivity contribution in [2.45, 2.75) is 26.4 Å². The molecular weight excluding hydrogens is 344 g/mol. The highest BCUT2D eigenvalue weighted by atomic mass is 32.1. The number of amides is 1. The Labute approximate surface area is 150 Å². The number of ether oxygens (including phenoxy) is 3. The minimum absolute atomic E-state index is 0.0464. The number of methoxy groups -OCH3 is 3. The zero-order chi connectivity index (χ0) is 18.4. The molecule has 0 atom stereocenters. The summed E-state index contributed by atoms with van der Waals surface area (Å²) in [5.74, 6) is 1.44. The number of aryl methyl sites for hydroxylation is 1. The van der Waals surface area contributed by atoms with Crippen LogP contribution < -0.4 is 24.4 Å². The molecular formula is C17H22N2O5S. The van der Waals surface area contributed by atoms with Crippen molar-refractivity contribution in [3.05, 3.63) is 38.4 Å². The molecule has 0 spiro atoms. The fourth-order valence-electron chi connectivity index (χ4n) is 2.41. The average Bonchev–Trinajstić information content (AvgIpc) is 2.94. The van der Waals surface area contributed by atoms with Gasteiger partial charge in [0.1, 0.15) is 0 Å². The molecule has 0 saturated heterocycles. The molecule has 0 saturated carbocycles. The molecule has 0 aliphatic heterocycles. The van der Waals surface area contributed by atoms with Crippen molar-refractivity contribution < 1.29 is 19.0 Å². The highest BCUT2D eigenvalue weighted by Gasteiger charge is 2.13. The van der Waals surface area contributed by atoms with Gasteiger partial charge >= 0.3 is 4.87 Å². The summed E-state index contributed by atoms with van der Waals surface area (Å²) in [5, 5.41) is 4.63. The van der Waals surface area contributed by atoms with Crippen molar-refractivity contribution in [1.82, 2.24) is 9.88 Å². The molecule has 1 amide bonds. The van der Waals surface area contributed by atoms with Gasteiger partial charge in [0.05, 0.1) is 21.3 Å². The Morgan fingerprint density at radius 1 is 1.16 bits per heavy atom. The minimum Gasteiger partial charge on any atom is -0.493 e. The van der Waals surface area contributed by atoms with Crippen LogP contribution in [0.1, 0.15) is 17.7 Å². The van der Waals surface area contributed by atoms with Gasteiger partial charge in [-0.25, -0.2) is 0 Å². The first-order chi connectivity index (χ1) is 12.0. The normalized spacial score (nSPS) is 10.4. The second kappa shape index (κ2) is 8.57. The fraction of sp³-hybridized carbons (Fsp3) is 0.412. The maximum Gasteiger partial charge on any atom is 0.307 e. The third-order valence-corrected chi connectivity index (χ3v) is 4.63. The molecule has 2 aromatic rings. The standard InChI is InChI=1S/C17H22N2O5S/c1-11-10-25-17(21)19(11)6-5-15(20)18-9-12-7-13(22-2)16(24-4)14(8-12)23-3/h7-8,10H,5-6,9H2,1-4H3,(H,18,20). The van der Waals surface area contributed by atoms with E-state index in [-0.39, 0.29) is 17.2 Å². The number of thiazole rings is 1. The average molecular weight is 366 g/mol. The van der Waals surface area contributed by atoms with E-state index < -0.39 is 0 Å². The lowest BCUT2D eigenvalue weighted by Gasteiger charge is -2.14. The second-order valence-corrected chi connectivity index (χ2v) is 6.18. The molecule has 7 nitrogen and oxygen atoms in total. The van der Waals surface area contributed by atoms with Gasteiger partial charge in [0.15, 0.2) is 11.5 Å². The molecule has 136 valence electrons. The summed E-state index contributed by atoms with van der Waals surface area (Å²) in [5.41, 5.74) is 1.69. The Morgan fingerprint density at radius 2 is 1.80 bits per heavy atom. The van der Waals surface area contributed by atoms with E-state index in [1.807, 2.05) is 6.92 Å². The highest BCUT2D eigenvalue weighted by Crippen LogP contribution is 2.38. The van der Waals surface area contributed by atoms with E-state index in [2.05, 4.69) is 5.32 Å². The highest BCUT2D eigenvalue weighted by molar-refractivity contribution is 7.07. The van der Waals surface area contributed by atoms with Crippen molar-refractivity contribution in [3.8, 4) is 17.2 Å². The third-order valence-electron chi connectivity index (χ3n) is 3.75. The summed E-state index contributed by atoms with van der Waals surface area (Å²) in [6, 6.07) is 3.57. The van der Waals surface area contributed by atoms with Crippen molar-refractivity contribution in [3.63, 3.8) is 0 Å².